The summed E-state index contributed by atoms with van der Waals surface area (Å²) in [6.07, 6.45) is 2.26. The molecule has 0 aromatic carbocycles. The van der Waals surface area contributed by atoms with Crippen LogP contribution < -0.4 is 5.32 Å². The Labute approximate surface area is 92.4 Å². The van der Waals surface area contributed by atoms with E-state index in [1.807, 2.05) is 6.26 Å². The number of aliphatic carboxylic acids is 1. The van der Waals surface area contributed by atoms with E-state index in [0.717, 1.165) is 0 Å². The number of carboxylic acid groups (broad SMARTS) is 1. The number of carbonyl (C=O) groups excluding carboxylic acids is 1. The van der Waals surface area contributed by atoms with Crippen molar-refractivity contribution < 1.29 is 14.7 Å². The van der Waals surface area contributed by atoms with Gasteiger partial charge in [-0.25, -0.2) is 4.79 Å². The normalized spacial score (nSPS) is 14.5. The Kier molecular flexibility index (Phi) is 5.95. The van der Waals surface area contributed by atoms with E-state index in [4.69, 9.17) is 16.7 Å². The Morgan fingerprint density at radius 1 is 1.57 bits per heavy atom. The lowest BCUT2D eigenvalue weighted by atomic mass is 9.99. The highest BCUT2D eigenvalue weighted by molar-refractivity contribution is 7.98. The van der Waals surface area contributed by atoms with Crippen molar-refractivity contribution in [2.75, 3.05) is 17.9 Å². The number of hydrogen-bond donors (Lipinski definition) is 2. The molecule has 1 atom stereocenters. The molecule has 0 radical (unpaired) electrons. The number of hydrogen-bond acceptors (Lipinski definition) is 3. The summed E-state index contributed by atoms with van der Waals surface area (Å²) in [5, 5.41) is 11.3. The highest BCUT2D eigenvalue weighted by atomic mass is 35.5. The number of carboxylic acids is 1. The minimum Gasteiger partial charge on any atom is -0.480 e. The molecule has 0 aliphatic heterocycles. The molecule has 0 aliphatic carbocycles. The largest absolute Gasteiger partial charge is 0.480 e. The highest BCUT2D eigenvalue weighted by Crippen LogP contribution is 2.13. The van der Waals surface area contributed by atoms with Gasteiger partial charge in [0, 0.05) is 0 Å². The van der Waals surface area contributed by atoms with Gasteiger partial charge in [0.25, 0.3) is 0 Å². The van der Waals surface area contributed by atoms with Crippen LogP contribution in [0.25, 0.3) is 0 Å². The first kappa shape index (κ1) is 13.6. The van der Waals surface area contributed by atoms with Crippen molar-refractivity contribution in [1.82, 2.24) is 5.32 Å². The minimum atomic E-state index is -1.21. The number of carbonyl (C=O) groups is 2. The van der Waals surface area contributed by atoms with E-state index >= 15 is 0 Å². The van der Waals surface area contributed by atoms with Crippen molar-refractivity contribution in [3.05, 3.63) is 0 Å². The van der Waals surface area contributed by atoms with E-state index in [1.54, 1.807) is 0 Å². The van der Waals surface area contributed by atoms with Crippen molar-refractivity contribution in [3.8, 4) is 0 Å². The number of rotatable bonds is 6. The molecule has 0 spiro atoms. The molecule has 1 unspecified atom stereocenters. The fraction of sp³-hybridized carbons (Fsp3) is 0.750. The Hall–Kier alpha value is -0.420. The molecule has 6 heteroatoms. The van der Waals surface area contributed by atoms with E-state index in [2.05, 4.69) is 5.32 Å². The quantitative estimate of drug-likeness (QED) is 0.677. The van der Waals surface area contributed by atoms with Crippen LogP contribution in [0.15, 0.2) is 0 Å². The van der Waals surface area contributed by atoms with Crippen molar-refractivity contribution in [2.45, 2.75) is 18.9 Å². The second-order valence-corrected chi connectivity index (χ2v) is 4.31. The first-order valence-corrected chi connectivity index (χ1v) is 5.98. The molecule has 14 heavy (non-hydrogen) atoms. The third kappa shape index (κ3) is 4.19. The topological polar surface area (TPSA) is 66.4 Å². The molecule has 0 fully saturated rings. The van der Waals surface area contributed by atoms with Gasteiger partial charge in [0.05, 0.1) is 0 Å². The van der Waals surface area contributed by atoms with E-state index < -0.39 is 17.4 Å². The number of alkyl halides is 1. The zero-order valence-corrected chi connectivity index (χ0v) is 9.74. The van der Waals surface area contributed by atoms with Crippen molar-refractivity contribution in [1.29, 1.82) is 0 Å². The molecule has 2 N–H and O–H groups in total. The van der Waals surface area contributed by atoms with Gasteiger partial charge >= 0.3 is 5.97 Å². The molecule has 0 aliphatic rings. The van der Waals surface area contributed by atoms with Crippen LogP contribution in [0.2, 0.25) is 0 Å². The van der Waals surface area contributed by atoms with Crippen molar-refractivity contribution >= 4 is 35.2 Å². The molecule has 0 saturated heterocycles. The van der Waals surface area contributed by atoms with Crippen LogP contribution in [-0.4, -0.2) is 40.4 Å². The second-order valence-electron chi connectivity index (χ2n) is 3.06. The van der Waals surface area contributed by atoms with Gasteiger partial charge in [-0.2, -0.15) is 11.8 Å². The Morgan fingerprint density at radius 2 is 2.14 bits per heavy atom. The third-order valence-corrected chi connectivity index (χ3v) is 2.67. The summed E-state index contributed by atoms with van der Waals surface area (Å²) in [5.41, 5.74) is -1.21. The maximum Gasteiger partial charge on any atom is 0.329 e. The van der Waals surface area contributed by atoms with Crippen LogP contribution in [0.4, 0.5) is 0 Å². The lowest BCUT2D eigenvalue weighted by Crippen LogP contribution is -2.53. The summed E-state index contributed by atoms with van der Waals surface area (Å²) in [4.78, 5) is 21.9. The molecular weight excluding hydrogens is 226 g/mol. The van der Waals surface area contributed by atoms with E-state index in [9.17, 15) is 9.59 Å². The first-order valence-electron chi connectivity index (χ1n) is 4.05. The molecule has 0 aromatic heterocycles. The van der Waals surface area contributed by atoms with Gasteiger partial charge in [-0.15, -0.1) is 11.6 Å². The summed E-state index contributed by atoms with van der Waals surface area (Å²) < 4.78 is 0. The molecule has 82 valence electrons. The molecular formula is C8H14ClNO3S. The van der Waals surface area contributed by atoms with Crippen LogP contribution >= 0.6 is 23.4 Å². The Morgan fingerprint density at radius 3 is 2.50 bits per heavy atom. The highest BCUT2D eigenvalue weighted by Gasteiger charge is 2.33. The fourth-order valence-corrected chi connectivity index (χ4v) is 1.55. The average molecular weight is 240 g/mol. The van der Waals surface area contributed by atoms with Crippen molar-refractivity contribution in [3.63, 3.8) is 0 Å². The standard InChI is InChI=1S/C8H14ClNO3S/c1-8(7(12)13,3-4-14-2)10-6(11)5-9/h3-5H2,1-2H3,(H,10,11)(H,12,13). The maximum atomic E-state index is 11.0. The van der Waals surface area contributed by atoms with Crippen molar-refractivity contribution in [2.24, 2.45) is 0 Å². The Bertz CT molecular complexity index is 225. The number of amides is 1. The van der Waals surface area contributed by atoms with E-state index in [1.165, 1.54) is 18.7 Å². The summed E-state index contributed by atoms with van der Waals surface area (Å²) in [6.45, 7) is 1.48. The molecule has 4 nitrogen and oxygen atoms in total. The average Bonchev–Trinajstić information content (AvgIpc) is 2.14. The van der Waals surface area contributed by atoms with Gasteiger partial charge in [0.15, 0.2) is 0 Å². The number of thioether (sulfide) groups is 1. The first-order chi connectivity index (χ1) is 6.46. The molecule has 0 heterocycles. The lowest BCUT2D eigenvalue weighted by Gasteiger charge is -2.25. The van der Waals surface area contributed by atoms with Gasteiger partial charge < -0.3 is 10.4 Å². The molecule has 1 amide bonds. The van der Waals surface area contributed by atoms with E-state index in [0.29, 0.717) is 12.2 Å². The lowest BCUT2D eigenvalue weighted by molar-refractivity contribution is -0.146. The zero-order chi connectivity index (χ0) is 11.2. The third-order valence-electron chi connectivity index (χ3n) is 1.81. The Balaban J connectivity index is 4.39. The summed E-state index contributed by atoms with van der Waals surface area (Å²) >= 11 is 6.82. The second kappa shape index (κ2) is 6.14. The van der Waals surface area contributed by atoms with Gasteiger partial charge in [-0.1, -0.05) is 0 Å². The van der Waals surface area contributed by atoms with E-state index in [-0.39, 0.29) is 5.88 Å². The smallest absolute Gasteiger partial charge is 0.329 e. The van der Waals surface area contributed by atoms with Crippen LogP contribution in [-0.2, 0) is 9.59 Å². The minimum absolute atomic E-state index is 0.220. The zero-order valence-electron chi connectivity index (χ0n) is 8.17. The number of halogens is 1. The summed E-state index contributed by atoms with van der Waals surface area (Å²) in [6, 6.07) is 0. The van der Waals surface area contributed by atoms with Gasteiger partial charge in [0.2, 0.25) is 5.91 Å². The molecule has 0 saturated carbocycles. The van der Waals surface area contributed by atoms with Gasteiger partial charge in [-0.3, -0.25) is 4.79 Å². The maximum absolute atomic E-state index is 11.0. The summed E-state index contributed by atoms with van der Waals surface area (Å²) in [7, 11) is 0. The molecule has 0 aromatic rings. The summed E-state index contributed by atoms with van der Waals surface area (Å²) in [5.74, 6) is -1.05. The fourth-order valence-electron chi connectivity index (χ4n) is 0.870. The predicted molar refractivity (Wildman–Crippen MR) is 57.9 cm³/mol. The van der Waals surface area contributed by atoms with Gasteiger partial charge in [-0.05, 0) is 25.4 Å². The SMILES string of the molecule is CSCCC(C)(NC(=O)CCl)C(=O)O. The molecule has 0 bridgehead atoms. The van der Waals surface area contributed by atoms with Crippen LogP contribution in [0.3, 0.4) is 0 Å². The molecule has 0 rings (SSSR count). The van der Waals surface area contributed by atoms with Crippen LogP contribution in [0.1, 0.15) is 13.3 Å². The van der Waals surface area contributed by atoms with Gasteiger partial charge in [0.1, 0.15) is 11.4 Å². The van der Waals surface area contributed by atoms with Crippen LogP contribution in [0.5, 0.6) is 0 Å². The number of nitrogens with one attached hydrogen (secondary N) is 1. The monoisotopic (exact) mass is 239 g/mol. The van der Waals surface area contributed by atoms with Crippen LogP contribution in [0, 0.1) is 0 Å². The predicted octanol–water partition coefficient (Wildman–Crippen LogP) is 0.938.